The molecule has 0 aromatic carbocycles. The number of aliphatic hydroxyl groups is 1. The van der Waals surface area contributed by atoms with E-state index >= 15 is 0 Å². The first-order valence-electron chi connectivity index (χ1n) is 9.51. The van der Waals surface area contributed by atoms with Crippen molar-refractivity contribution in [1.82, 2.24) is 14.9 Å². The highest BCUT2D eigenvalue weighted by atomic mass is 16.3. The summed E-state index contributed by atoms with van der Waals surface area (Å²) >= 11 is 0. The van der Waals surface area contributed by atoms with Gasteiger partial charge in [0.15, 0.2) is 0 Å². The summed E-state index contributed by atoms with van der Waals surface area (Å²) in [6.07, 6.45) is 7.00. The third-order valence-corrected chi connectivity index (χ3v) is 6.25. The van der Waals surface area contributed by atoms with Crippen LogP contribution in [0.5, 0.6) is 0 Å². The number of fused-ring (bicyclic) bond motifs is 4. The molecule has 0 saturated heterocycles. The van der Waals surface area contributed by atoms with Crippen LogP contribution in [0.4, 0.5) is 11.4 Å². The lowest BCUT2D eigenvalue weighted by atomic mass is 9.88. The summed E-state index contributed by atoms with van der Waals surface area (Å²) in [6.45, 7) is 1.78. The fraction of sp³-hybridized carbons (Fsp3) is 0.450. The van der Waals surface area contributed by atoms with Gasteiger partial charge < -0.3 is 15.7 Å². The van der Waals surface area contributed by atoms with E-state index in [0.29, 0.717) is 23.5 Å². The zero-order chi connectivity index (χ0) is 18.8. The molecule has 3 aliphatic rings. The number of nitrogens with zero attached hydrogens (tertiary/aromatic N) is 2. The van der Waals surface area contributed by atoms with Crippen molar-refractivity contribution in [3.8, 4) is 0 Å². The Hall–Kier alpha value is -2.67. The third kappa shape index (κ3) is 2.21. The van der Waals surface area contributed by atoms with Gasteiger partial charge in [-0.25, -0.2) is 0 Å². The molecule has 0 unspecified atom stereocenters. The SMILES string of the molecule is Cc1c2c(c(=O)n3c1C(=O)NC31CCCCC1)Nc1cc(CO)ncc1C2. The fourth-order valence-electron chi connectivity index (χ4n) is 4.88. The van der Waals surface area contributed by atoms with Crippen molar-refractivity contribution in [2.75, 3.05) is 5.32 Å². The van der Waals surface area contributed by atoms with Gasteiger partial charge in [0, 0.05) is 18.3 Å². The second kappa shape index (κ2) is 5.66. The van der Waals surface area contributed by atoms with Crippen LogP contribution in [0.2, 0.25) is 0 Å². The molecule has 0 radical (unpaired) electrons. The number of pyridine rings is 2. The molecular weight excluding hydrogens is 344 g/mol. The van der Waals surface area contributed by atoms with Crippen molar-refractivity contribution < 1.29 is 9.90 Å². The molecule has 5 rings (SSSR count). The molecular formula is C20H22N4O3. The zero-order valence-electron chi connectivity index (χ0n) is 15.3. The Morgan fingerprint density at radius 2 is 2.04 bits per heavy atom. The minimum Gasteiger partial charge on any atom is -0.390 e. The molecule has 140 valence electrons. The topological polar surface area (TPSA) is 96.2 Å². The Morgan fingerprint density at radius 1 is 1.26 bits per heavy atom. The first kappa shape index (κ1) is 16.5. The first-order chi connectivity index (χ1) is 13.0. The lowest BCUT2D eigenvalue weighted by molar-refractivity contribution is 0.0876. The lowest BCUT2D eigenvalue weighted by Crippen LogP contribution is -2.49. The van der Waals surface area contributed by atoms with Gasteiger partial charge in [-0.05, 0) is 55.4 Å². The van der Waals surface area contributed by atoms with E-state index in [1.165, 1.54) is 0 Å². The van der Waals surface area contributed by atoms with Crippen molar-refractivity contribution in [3.63, 3.8) is 0 Å². The van der Waals surface area contributed by atoms with Crippen LogP contribution in [-0.2, 0) is 18.7 Å². The number of aromatic nitrogens is 2. The monoisotopic (exact) mass is 366 g/mol. The van der Waals surface area contributed by atoms with Crippen LogP contribution in [0.25, 0.3) is 0 Å². The first-order valence-corrected chi connectivity index (χ1v) is 9.51. The molecule has 1 saturated carbocycles. The normalized spacial score (nSPS) is 19.1. The van der Waals surface area contributed by atoms with Crippen LogP contribution in [0.1, 0.15) is 65.0 Å². The average Bonchev–Trinajstić information content (AvgIpc) is 2.96. The summed E-state index contributed by atoms with van der Waals surface area (Å²) in [5, 5.41) is 15.8. The fourth-order valence-corrected chi connectivity index (χ4v) is 4.88. The molecule has 7 heteroatoms. The number of amides is 1. The zero-order valence-corrected chi connectivity index (χ0v) is 15.3. The van der Waals surface area contributed by atoms with Crippen molar-refractivity contribution in [2.45, 2.75) is 57.7 Å². The largest absolute Gasteiger partial charge is 0.390 e. The number of hydrogen-bond acceptors (Lipinski definition) is 5. The highest BCUT2D eigenvalue weighted by Gasteiger charge is 2.46. The molecule has 3 N–H and O–H groups in total. The van der Waals surface area contributed by atoms with Gasteiger partial charge in [0.05, 0.1) is 12.3 Å². The van der Waals surface area contributed by atoms with E-state index in [4.69, 9.17) is 0 Å². The molecule has 1 spiro atoms. The lowest BCUT2D eigenvalue weighted by Gasteiger charge is -2.36. The summed E-state index contributed by atoms with van der Waals surface area (Å²) in [4.78, 5) is 30.5. The molecule has 2 aromatic heterocycles. The van der Waals surface area contributed by atoms with Crippen LogP contribution in [0.3, 0.4) is 0 Å². The predicted molar refractivity (Wildman–Crippen MR) is 100 cm³/mol. The van der Waals surface area contributed by atoms with Crippen LogP contribution >= 0.6 is 0 Å². The molecule has 1 fully saturated rings. The number of carbonyl (C=O) groups excluding carboxylic acids is 1. The Balaban J connectivity index is 1.72. The van der Waals surface area contributed by atoms with Gasteiger partial charge in [0.1, 0.15) is 17.0 Å². The van der Waals surface area contributed by atoms with E-state index in [0.717, 1.165) is 54.5 Å². The molecule has 2 aliphatic heterocycles. The minimum absolute atomic E-state index is 0.140. The Kier molecular flexibility index (Phi) is 3.46. The van der Waals surface area contributed by atoms with Crippen molar-refractivity contribution in [2.24, 2.45) is 0 Å². The van der Waals surface area contributed by atoms with E-state index in [9.17, 15) is 14.7 Å². The molecule has 0 atom stereocenters. The minimum atomic E-state index is -0.585. The maximum absolute atomic E-state index is 13.5. The second-order valence-electron chi connectivity index (χ2n) is 7.81. The van der Waals surface area contributed by atoms with Gasteiger partial charge in [-0.1, -0.05) is 6.42 Å². The Bertz CT molecular complexity index is 1030. The molecule has 4 heterocycles. The van der Waals surface area contributed by atoms with Crippen LogP contribution in [0, 0.1) is 6.92 Å². The summed E-state index contributed by atoms with van der Waals surface area (Å²) in [5.74, 6) is -0.145. The highest BCUT2D eigenvalue weighted by molar-refractivity contribution is 5.98. The van der Waals surface area contributed by atoms with E-state index in [1.807, 2.05) is 6.92 Å². The molecule has 27 heavy (non-hydrogen) atoms. The molecule has 1 aliphatic carbocycles. The number of carbonyl (C=O) groups is 1. The van der Waals surface area contributed by atoms with Crippen molar-refractivity contribution >= 4 is 17.3 Å². The number of anilines is 2. The third-order valence-electron chi connectivity index (χ3n) is 6.25. The maximum Gasteiger partial charge on any atom is 0.277 e. The van der Waals surface area contributed by atoms with E-state index in [2.05, 4.69) is 15.6 Å². The van der Waals surface area contributed by atoms with E-state index in [1.54, 1.807) is 16.8 Å². The number of hydrogen-bond donors (Lipinski definition) is 3. The van der Waals surface area contributed by atoms with Gasteiger partial charge in [-0.2, -0.15) is 0 Å². The van der Waals surface area contributed by atoms with Gasteiger partial charge >= 0.3 is 0 Å². The summed E-state index contributed by atoms with van der Waals surface area (Å²) in [7, 11) is 0. The summed E-state index contributed by atoms with van der Waals surface area (Å²) < 4.78 is 1.72. The van der Waals surface area contributed by atoms with Gasteiger partial charge in [-0.15, -0.1) is 0 Å². The molecule has 2 aromatic rings. The van der Waals surface area contributed by atoms with Gasteiger partial charge in [-0.3, -0.25) is 19.1 Å². The standard InChI is InChI=1S/C20H22N4O3/c1-11-14-7-12-9-21-13(10-25)8-15(12)22-16(14)19(27)24-17(11)18(26)23-20(24)5-3-2-4-6-20/h8-9,22,25H,2-7,10H2,1H3,(H,23,26). The molecule has 0 bridgehead atoms. The predicted octanol–water partition coefficient (Wildman–Crippen LogP) is 2.05. The van der Waals surface area contributed by atoms with Gasteiger partial charge in [0.25, 0.3) is 11.5 Å². The van der Waals surface area contributed by atoms with Crippen LogP contribution in [-0.4, -0.2) is 20.6 Å². The number of nitrogens with one attached hydrogen (secondary N) is 2. The second-order valence-corrected chi connectivity index (χ2v) is 7.81. The van der Waals surface area contributed by atoms with Crippen LogP contribution in [0.15, 0.2) is 17.1 Å². The Morgan fingerprint density at radius 3 is 2.78 bits per heavy atom. The highest BCUT2D eigenvalue weighted by Crippen LogP contribution is 2.40. The molecule has 7 nitrogen and oxygen atoms in total. The van der Waals surface area contributed by atoms with E-state index < -0.39 is 5.66 Å². The van der Waals surface area contributed by atoms with Crippen LogP contribution < -0.4 is 16.2 Å². The van der Waals surface area contributed by atoms with Gasteiger partial charge in [0.2, 0.25) is 0 Å². The number of rotatable bonds is 1. The smallest absolute Gasteiger partial charge is 0.277 e. The van der Waals surface area contributed by atoms with Crippen molar-refractivity contribution in [3.05, 3.63) is 50.7 Å². The maximum atomic E-state index is 13.5. The van der Waals surface area contributed by atoms with E-state index in [-0.39, 0.29) is 18.1 Å². The average molecular weight is 366 g/mol. The number of aliphatic hydroxyl groups excluding tert-OH is 1. The molecule has 1 amide bonds. The summed E-state index contributed by atoms with van der Waals surface area (Å²) in [5.41, 5.74) is 4.35. The Labute approximate surface area is 156 Å². The quantitative estimate of drug-likeness (QED) is 0.613. The summed E-state index contributed by atoms with van der Waals surface area (Å²) in [6, 6.07) is 1.78. The van der Waals surface area contributed by atoms with Crippen molar-refractivity contribution in [1.29, 1.82) is 0 Å².